The maximum Gasteiger partial charge on any atom is 0.472 e. The van der Waals surface area contributed by atoms with Gasteiger partial charge in [0.1, 0.15) is 19.3 Å². The van der Waals surface area contributed by atoms with E-state index < -0.39 is 97.5 Å². The van der Waals surface area contributed by atoms with Gasteiger partial charge in [0.2, 0.25) is 0 Å². The standard InChI is InChI=1S/C83H162O17P2/c1-7-9-11-13-15-17-19-21-30-37-43-49-55-61-67-82(87)99-78(71-93-80(85)65-59-53-47-41-35-27-20-18-16-14-12-10-8-2)73-97-101(89,90)95-69-77(84)70-96-102(91,92)98-74-79(72-94-81(86)66-60-54-48-42-36-31-26-25-29-34-40-46-52-58-64-76(5)6)100-83(88)68-62-56-50-44-38-32-24-22-23-28-33-39-45-51-57-63-75(3)4/h75-79,84H,7-74H2,1-6H3,(H,89,90)(H,91,92)/t77-,78+,79+/m0/s1. The SMILES string of the molecule is CCCCCCCCCCCCCCCCC(=O)O[C@H](COC(=O)CCCCCCCCCCCCCCC)COP(=O)(O)OC[C@H](O)COP(=O)(O)OC[C@@H](COC(=O)CCCCCCCCCCCCCCCCC(C)C)OC(=O)CCCCCCCCCCCCCCCCCC(C)C. The first-order chi connectivity index (χ1) is 49.4. The maximum absolute atomic E-state index is 13.1. The summed E-state index contributed by atoms with van der Waals surface area (Å²) in [6, 6.07) is 0. The second kappa shape index (κ2) is 74.5. The van der Waals surface area contributed by atoms with Crippen LogP contribution in [0.2, 0.25) is 0 Å². The molecule has 3 N–H and O–H groups in total. The predicted molar refractivity (Wildman–Crippen MR) is 418 cm³/mol. The van der Waals surface area contributed by atoms with Crippen LogP contribution < -0.4 is 0 Å². The fourth-order valence-corrected chi connectivity index (χ4v) is 14.5. The molecule has 0 aliphatic rings. The zero-order chi connectivity index (χ0) is 74.9. The molecule has 0 aromatic rings. The summed E-state index contributed by atoms with van der Waals surface area (Å²) in [5, 5.41) is 10.7. The molecule has 0 amide bonds. The molecule has 102 heavy (non-hydrogen) atoms. The highest BCUT2D eigenvalue weighted by Gasteiger charge is 2.30. The van der Waals surface area contributed by atoms with E-state index in [0.29, 0.717) is 25.7 Å². The average Bonchev–Trinajstić information content (AvgIpc) is 0.939. The van der Waals surface area contributed by atoms with E-state index in [-0.39, 0.29) is 25.7 Å². The number of phosphoric acid groups is 2. The van der Waals surface area contributed by atoms with Crippen molar-refractivity contribution >= 4 is 39.5 Å². The van der Waals surface area contributed by atoms with Gasteiger partial charge in [0.15, 0.2) is 12.2 Å². The van der Waals surface area contributed by atoms with Gasteiger partial charge in [0, 0.05) is 25.7 Å². The number of rotatable bonds is 82. The molecule has 606 valence electrons. The van der Waals surface area contributed by atoms with E-state index in [1.165, 1.54) is 257 Å². The molecule has 0 aromatic heterocycles. The van der Waals surface area contributed by atoms with E-state index in [0.717, 1.165) is 102 Å². The van der Waals surface area contributed by atoms with Gasteiger partial charge in [0.05, 0.1) is 26.4 Å². The van der Waals surface area contributed by atoms with Crippen LogP contribution in [-0.4, -0.2) is 96.7 Å². The van der Waals surface area contributed by atoms with Gasteiger partial charge < -0.3 is 33.8 Å². The summed E-state index contributed by atoms with van der Waals surface area (Å²) in [7, 11) is -9.92. The highest BCUT2D eigenvalue weighted by molar-refractivity contribution is 7.47. The van der Waals surface area contributed by atoms with Gasteiger partial charge in [-0.1, -0.05) is 388 Å². The summed E-state index contributed by atoms with van der Waals surface area (Å²) in [4.78, 5) is 73.2. The first kappa shape index (κ1) is 100. The Bertz CT molecular complexity index is 1960. The van der Waals surface area contributed by atoms with E-state index >= 15 is 0 Å². The van der Waals surface area contributed by atoms with E-state index in [4.69, 9.17) is 37.0 Å². The van der Waals surface area contributed by atoms with Crippen LogP contribution in [0, 0.1) is 11.8 Å². The van der Waals surface area contributed by atoms with Crippen LogP contribution in [0.4, 0.5) is 0 Å². The molecule has 0 radical (unpaired) electrons. The first-order valence-corrected chi connectivity index (χ1v) is 46.0. The van der Waals surface area contributed by atoms with Crippen LogP contribution in [0.5, 0.6) is 0 Å². The molecule has 2 unspecified atom stereocenters. The Labute approximate surface area is 626 Å². The molecule has 0 heterocycles. The van der Waals surface area contributed by atoms with Gasteiger partial charge in [-0.15, -0.1) is 0 Å². The van der Waals surface area contributed by atoms with E-state index in [2.05, 4.69) is 41.5 Å². The molecular weight excluding hydrogens is 1330 g/mol. The smallest absolute Gasteiger partial charge is 0.462 e. The molecule has 0 aliphatic heterocycles. The van der Waals surface area contributed by atoms with Gasteiger partial charge in [-0.05, 0) is 37.5 Å². The maximum atomic E-state index is 13.1. The minimum atomic E-state index is -4.96. The Morgan fingerprint density at radius 3 is 0.667 bits per heavy atom. The number of aliphatic hydroxyl groups excluding tert-OH is 1. The lowest BCUT2D eigenvalue weighted by Gasteiger charge is -2.21. The lowest BCUT2D eigenvalue weighted by atomic mass is 10.0. The van der Waals surface area contributed by atoms with Crippen LogP contribution in [0.3, 0.4) is 0 Å². The number of ether oxygens (including phenoxy) is 4. The Balaban J connectivity index is 5.26. The number of carbonyl (C=O) groups excluding carboxylic acids is 4. The lowest BCUT2D eigenvalue weighted by Crippen LogP contribution is -2.30. The second-order valence-electron chi connectivity index (χ2n) is 30.8. The molecule has 0 aliphatic carbocycles. The third kappa shape index (κ3) is 76.3. The molecule has 0 fully saturated rings. The summed E-state index contributed by atoms with van der Waals surface area (Å²) in [5.74, 6) is -0.500. The van der Waals surface area contributed by atoms with Crippen LogP contribution in [0.1, 0.15) is 440 Å². The van der Waals surface area contributed by atoms with Crippen molar-refractivity contribution < 1.29 is 80.2 Å². The molecule has 0 saturated heterocycles. The zero-order valence-electron chi connectivity index (χ0n) is 66.9. The van der Waals surface area contributed by atoms with Crippen molar-refractivity contribution in [2.45, 2.75) is 458 Å². The largest absolute Gasteiger partial charge is 0.472 e. The van der Waals surface area contributed by atoms with Crippen molar-refractivity contribution in [1.29, 1.82) is 0 Å². The minimum Gasteiger partial charge on any atom is -0.462 e. The average molecular weight is 1490 g/mol. The summed E-state index contributed by atoms with van der Waals surface area (Å²) in [5.41, 5.74) is 0. The van der Waals surface area contributed by atoms with Gasteiger partial charge in [-0.3, -0.25) is 37.3 Å². The van der Waals surface area contributed by atoms with Crippen molar-refractivity contribution in [2.75, 3.05) is 39.6 Å². The molecule has 0 bridgehead atoms. The molecule has 0 rings (SSSR count). The van der Waals surface area contributed by atoms with Gasteiger partial charge in [0.25, 0.3) is 0 Å². The summed E-state index contributed by atoms with van der Waals surface area (Å²) >= 11 is 0. The third-order valence-electron chi connectivity index (χ3n) is 19.5. The molecular formula is C83H162O17P2. The highest BCUT2D eigenvalue weighted by atomic mass is 31.2. The number of aliphatic hydroxyl groups is 1. The van der Waals surface area contributed by atoms with Crippen molar-refractivity contribution in [3.05, 3.63) is 0 Å². The quantitative estimate of drug-likeness (QED) is 0.0222. The van der Waals surface area contributed by atoms with Crippen molar-refractivity contribution in [1.82, 2.24) is 0 Å². The predicted octanol–water partition coefficient (Wildman–Crippen LogP) is 25.1. The fraction of sp³-hybridized carbons (Fsp3) is 0.952. The molecule has 19 heteroatoms. The second-order valence-corrected chi connectivity index (χ2v) is 33.7. The minimum absolute atomic E-state index is 0.108. The van der Waals surface area contributed by atoms with Crippen LogP contribution in [0.25, 0.3) is 0 Å². The van der Waals surface area contributed by atoms with E-state index in [1.54, 1.807) is 0 Å². The molecule has 0 spiro atoms. The fourth-order valence-electron chi connectivity index (χ4n) is 12.9. The van der Waals surface area contributed by atoms with Crippen molar-refractivity contribution in [3.8, 4) is 0 Å². The zero-order valence-corrected chi connectivity index (χ0v) is 68.7. The van der Waals surface area contributed by atoms with Crippen molar-refractivity contribution in [2.24, 2.45) is 11.8 Å². The van der Waals surface area contributed by atoms with Crippen LogP contribution in [0.15, 0.2) is 0 Å². The van der Waals surface area contributed by atoms with Crippen molar-refractivity contribution in [3.63, 3.8) is 0 Å². The number of phosphoric ester groups is 2. The van der Waals surface area contributed by atoms with Crippen LogP contribution in [-0.2, 0) is 65.4 Å². The van der Waals surface area contributed by atoms with Gasteiger partial charge in [-0.2, -0.15) is 0 Å². The Morgan fingerprint density at radius 2 is 0.451 bits per heavy atom. The normalized spacial score (nSPS) is 13.9. The number of carbonyl (C=O) groups is 4. The monoisotopic (exact) mass is 1490 g/mol. The summed E-state index contributed by atoms with van der Waals surface area (Å²) in [6.07, 6.45) is 65.0. The molecule has 17 nitrogen and oxygen atoms in total. The van der Waals surface area contributed by atoms with E-state index in [1.807, 2.05) is 0 Å². The Kier molecular flexibility index (Phi) is 73.1. The van der Waals surface area contributed by atoms with E-state index in [9.17, 15) is 43.2 Å². The summed E-state index contributed by atoms with van der Waals surface area (Å²) < 4.78 is 68.8. The molecule has 0 saturated carbocycles. The van der Waals surface area contributed by atoms with Gasteiger partial charge in [-0.25, -0.2) is 9.13 Å². The first-order valence-electron chi connectivity index (χ1n) is 43.0. The van der Waals surface area contributed by atoms with Gasteiger partial charge >= 0.3 is 39.5 Å². The topological polar surface area (TPSA) is 237 Å². The highest BCUT2D eigenvalue weighted by Crippen LogP contribution is 2.45. The summed E-state index contributed by atoms with van der Waals surface area (Å²) in [6.45, 7) is 9.71. The molecule has 5 atom stereocenters. The molecule has 0 aromatic carbocycles. The Hall–Kier alpha value is -1.94. The number of unbranched alkanes of at least 4 members (excludes halogenated alkanes) is 52. The lowest BCUT2D eigenvalue weighted by molar-refractivity contribution is -0.161. The van der Waals surface area contributed by atoms with Crippen LogP contribution >= 0.6 is 15.6 Å². The number of esters is 4. The third-order valence-corrected chi connectivity index (χ3v) is 21.4. The number of hydrogen-bond acceptors (Lipinski definition) is 15. The number of hydrogen-bond donors (Lipinski definition) is 3. The Morgan fingerprint density at radius 1 is 0.265 bits per heavy atom.